The summed E-state index contributed by atoms with van der Waals surface area (Å²) in [4.78, 5) is 36.6. The van der Waals surface area contributed by atoms with Crippen molar-refractivity contribution in [1.29, 1.82) is 0 Å². The van der Waals surface area contributed by atoms with E-state index in [9.17, 15) is 14.4 Å². The first-order valence-electron chi connectivity index (χ1n) is 6.76. The van der Waals surface area contributed by atoms with Crippen molar-refractivity contribution >= 4 is 35.2 Å². The first-order chi connectivity index (χ1) is 10.6. The fourth-order valence-corrected chi connectivity index (χ4v) is 2.78. The quantitative estimate of drug-likeness (QED) is 0.659. The number of esters is 1. The Hall–Kier alpha value is -2.28. The molecule has 0 aliphatic carbocycles. The van der Waals surface area contributed by atoms with Crippen LogP contribution in [0.25, 0.3) is 0 Å². The molecule has 0 atom stereocenters. The topological polar surface area (TPSA) is 75.7 Å². The highest BCUT2D eigenvalue weighted by atomic mass is 32.2. The van der Waals surface area contributed by atoms with Gasteiger partial charge in [-0.1, -0.05) is 30.0 Å². The first kappa shape index (κ1) is 16.1. The van der Waals surface area contributed by atoms with Gasteiger partial charge in [-0.25, -0.2) is 4.79 Å². The molecule has 0 saturated carbocycles. The van der Waals surface area contributed by atoms with E-state index in [0.29, 0.717) is 10.7 Å². The van der Waals surface area contributed by atoms with Gasteiger partial charge in [-0.2, -0.15) is 0 Å². The van der Waals surface area contributed by atoms with Gasteiger partial charge >= 0.3 is 5.97 Å². The Morgan fingerprint density at radius 2 is 2.09 bits per heavy atom. The van der Waals surface area contributed by atoms with Crippen LogP contribution in [0, 0.1) is 0 Å². The van der Waals surface area contributed by atoms with E-state index in [1.54, 1.807) is 31.2 Å². The zero-order valence-corrected chi connectivity index (χ0v) is 12.9. The van der Waals surface area contributed by atoms with Crippen molar-refractivity contribution in [2.75, 3.05) is 24.2 Å². The number of carbonyl (C=O) groups is 3. The maximum Gasteiger partial charge on any atom is 0.333 e. The van der Waals surface area contributed by atoms with Crippen LogP contribution < -0.4 is 5.32 Å². The molecular weight excluding hydrogens is 304 g/mol. The molecule has 6 nitrogen and oxygen atoms in total. The monoisotopic (exact) mass is 320 g/mol. The molecule has 1 saturated heterocycles. The van der Waals surface area contributed by atoms with E-state index in [0.717, 1.165) is 0 Å². The Labute approximate surface area is 132 Å². The van der Waals surface area contributed by atoms with Crippen LogP contribution in [-0.2, 0) is 19.1 Å². The Morgan fingerprint density at radius 1 is 1.36 bits per heavy atom. The van der Waals surface area contributed by atoms with E-state index in [4.69, 9.17) is 4.74 Å². The van der Waals surface area contributed by atoms with Gasteiger partial charge in [0.25, 0.3) is 0 Å². The van der Waals surface area contributed by atoms with Crippen molar-refractivity contribution in [3.63, 3.8) is 0 Å². The third-order valence-corrected chi connectivity index (χ3v) is 3.82. The average Bonchev–Trinajstić information content (AvgIpc) is 2.81. The van der Waals surface area contributed by atoms with Crippen LogP contribution in [0.4, 0.5) is 5.69 Å². The third kappa shape index (κ3) is 4.36. The maximum atomic E-state index is 12.0. The van der Waals surface area contributed by atoms with E-state index < -0.39 is 5.97 Å². The molecule has 1 aliphatic heterocycles. The van der Waals surface area contributed by atoms with Crippen molar-refractivity contribution in [2.24, 2.45) is 0 Å². The lowest BCUT2D eigenvalue weighted by Gasteiger charge is -2.16. The lowest BCUT2D eigenvalue weighted by Crippen LogP contribution is -2.34. The lowest BCUT2D eigenvalue weighted by atomic mass is 10.3. The Balaban J connectivity index is 2.01. The molecule has 0 aromatic heterocycles. The van der Waals surface area contributed by atoms with Crippen molar-refractivity contribution in [2.45, 2.75) is 6.92 Å². The normalized spacial score (nSPS) is 16.0. The number of anilines is 1. The molecule has 1 heterocycles. The number of amides is 2. The van der Waals surface area contributed by atoms with E-state index in [1.165, 1.54) is 22.7 Å². The molecule has 0 spiro atoms. The van der Waals surface area contributed by atoms with E-state index in [2.05, 4.69) is 5.32 Å². The van der Waals surface area contributed by atoms with E-state index in [-0.39, 0.29) is 30.7 Å². The number of benzene rings is 1. The highest BCUT2D eigenvalue weighted by Gasteiger charge is 2.29. The molecule has 1 aromatic carbocycles. The highest BCUT2D eigenvalue weighted by molar-refractivity contribution is 8.04. The minimum absolute atomic E-state index is 0.133. The van der Waals surface area contributed by atoms with Crippen LogP contribution in [0.5, 0.6) is 0 Å². The summed E-state index contributed by atoms with van der Waals surface area (Å²) in [6.45, 7) is 1.83. The molecule has 0 unspecified atom stereocenters. The van der Waals surface area contributed by atoms with Gasteiger partial charge in [0.15, 0.2) is 0 Å². The van der Waals surface area contributed by atoms with Crippen molar-refractivity contribution in [3.05, 3.63) is 41.4 Å². The molecule has 2 amide bonds. The van der Waals surface area contributed by atoms with Gasteiger partial charge < -0.3 is 10.1 Å². The number of thioether (sulfide) groups is 1. The first-order valence-corrected chi connectivity index (χ1v) is 7.75. The number of para-hydroxylation sites is 1. The zero-order valence-electron chi connectivity index (χ0n) is 12.1. The van der Waals surface area contributed by atoms with E-state index >= 15 is 0 Å². The molecular formula is C15H16N2O4S. The third-order valence-electron chi connectivity index (χ3n) is 2.80. The van der Waals surface area contributed by atoms with Gasteiger partial charge in [-0.05, 0) is 19.1 Å². The molecule has 22 heavy (non-hydrogen) atoms. The number of rotatable bonds is 5. The second-order valence-electron chi connectivity index (χ2n) is 4.42. The Kier molecular flexibility index (Phi) is 5.60. The molecule has 1 aliphatic rings. The number of carbonyl (C=O) groups excluding carboxylic acids is 3. The highest BCUT2D eigenvalue weighted by Crippen LogP contribution is 2.28. The van der Waals surface area contributed by atoms with Gasteiger partial charge in [0.1, 0.15) is 6.54 Å². The van der Waals surface area contributed by atoms with Gasteiger partial charge in [-0.15, -0.1) is 0 Å². The van der Waals surface area contributed by atoms with Gasteiger partial charge in [0, 0.05) is 5.69 Å². The zero-order chi connectivity index (χ0) is 15.9. The molecule has 0 radical (unpaired) electrons. The fourth-order valence-electron chi connectivity index (χ4n) is 1.85. The smallest absolute Gasteiger partial charge is 0.333 e. The summed E-state index contributed by atoms with van der Waals surface area (Å²) in [5, 5.41) is 3.14. The lowest BCUT2D eigenvalue weighted by molar-refractivity contribution is -0.137. The summed E-state index contributed by atoms with van der Waals surface area (Å²) in [5.74, 6) is -0.835. The van der Waals surface area contributed by atoms with Gasteiger partial charge in [0.05, 0.1) is 23.5 Å². The summed E-state index contributed by atoms with van der Waals surface area (Å²) in [6, 6.07) is 8.97. The van der Waals surface area contributed by atoms with Gasteiger partial charge in [-0.3, -0.25) is 14.5 Å². The number of nitrogens with zero attached hydrogens (tertiary/aromatic N) is 1. The van der Waals surface area contributed by atoms with Crippen LogP contribution >= 0.6 is 11.8 Å². The maximum absolute atomic E-state index is 12.0. The number of hydrogen-bond donors (Lipinski definition) is 1. The van der Waals surface area contributed by atoms with Crippen molar-refractivity contribution < 1.29 is 19.1 Å². The molecule has 7 heteroatoms. The second kappa shape index (κ2) is 7.65. The second-order valence-corrected chi connectivity index (χ2v) is 5.41. The minimum atomic E-state index is -0.520. The van der Waals surface area contributed by atoms with Crippen LogP contribution in [0.3, 0.4) is 0 Å². The SMILES string of the molecule is CCOC(=O)/C=C1\SCC(=O)N1CC(=O)Nc1ccccc1. The fraction of sp³-hybridized carbons (Fsp3) is 0.267. The number of ether oxygens (including phenoxy) is 1. The standard InChI is InChI=1S/C15H16N2O4S/c1-2-21-15(20)8-14-17(13(19)10-22-14)9-12(18)16-11-6-4-3-5-7-11/h3-8H,2,9-10H2,1H3,(H,16,18)/b14-8-. The average molecular weight is 320 g/mol. The predicted octanol–water partition coefficient (Wildman–Crippen LogP) is 1.60. The largest absolute Gasteiger partial charge is 0.463 e. The Morgan fingerprint density at radius 3 is 2.77 bits per heavy atom. The van der Waals surface area contributed by atoms with Crippen LogP contribution in [0.15, 0.2) is 41.4 Å². The molecule has 2 rings (SSSR count). The molecule has 1 fully saturated rings. The molecule has 1 N–H and O–H groups in total. The summed E-state index contributed by atoms with van der Waals surface area (Å²) < 4.78 is 4.82. The number of hydrogen-bond acceptors (Lipinski definition) is 5. The van der Waals surface area contributed by atoms with E-state index in [1.807, 2.05) is 6.07 Å². The molecule has 116 valence electrons. The van der Waals surface area contributed by atoms with Crippen LogP contribution in [0.1, 0.15) is 6.92 Å². The predicted molar refractivity (Wildman–Crippen MR) is 84.0 cm³/mol. The van der Waals surface area contributed by atoms with Crippen molar-refractivity contribution in [1.82, 2.24) is 4.90 Å². The summed E-state index contributed by atoms with van der Waals surface area (Å²) >= 11 is 1.22. The summed E-state index contributed by atoms with van der Waals surface area (Å²) in [6.07, 6.45) is 1.24. The van der Waals surface area contributed by atoms with Gasteiger partial charge in [0.2, 0.25) is 11.8 Å². The van der Waals surface area contributed by atoms with Crippen LogP contribution in [0.2, 0.25) is 0 Å². The van der Waals surface area contributed by atoms with Crippen LogP contribution in [-0.4, -0.2) is 41.6 Å². The Bertz CT molecular complexity index is 601. The minimum Gasteiger partial charge on any atom is -0.463 e. The summed E-state index contributed by atoms with van der Waals surface area (Å²) in [7, 11) is 0. The molecule has 0 bridgehead atoms. The van der Waals surface area contributed by atoms with Crippen molar-refractivity contribution in [3.8, 4) is 0 Å². The molecule has 1 aromatic rings. The number of nitrogens with one attached hydrogen (secondary N) is 1. The summed E-state index contributed by atoms with van der Waals surface area (Å²) in [5.41, 5.74) is 0.655.